The first-order valence-electron chi connectivity index (χ1n) is 6.75. The Labute approximate surface area is 135 Å². The Kier molecular flexibility index (Phi) is 4.53. The highest BCUT2D eigenvalue weighted by atomic mass is 32.1. The quantitative estimate of drug-likeness (QED) is 0.639. The van der Waals surface area contributed by atoms with E-state index in [9.17, 15) is 9.59 Å². The average Bonchev–Trinajstić information content (AvgIpc) is 3.23. The fraction of sp³-hybridized carbons (Fsp3) is 0.133. The predicted molar refractivity (Wildman–Crippen MR) is 85.0 cm³/mol. The number of carbonyl (C=O) groups is 2. The van der Waals surface area contributed by atoms with E-state index in [-0.39, 0.29) is 19.2 Å². The van der Waals surface area contributed by atoms with Gasteiger partial charge in [0, 0.05) is 0 Å². The molecule has 2 amide bonds. The SMILES string of the molecule is O=C(CNC(=O)c1cccs1)N/N=C/c1ccc2c(c1)OCO2. The Balaban J connectivity index is 1.46. The number of nitrogens with one attached hydrogen (secondary N) is 2. The number of rotatable bonds is 5. The number of thiophene rings is 1. The maximum absolute atomic E-state index is 11.7. The summed E-state index contributed by atoms with van der Waals surface area (Å²) >= 11 is 1.31. The first-order chi connectivity index (χ1) is 11.2. The number of benzene rings is 1. The minimum absolute atomic E-state index is 0.144. The van der Waals surface area contributed by atoms with Crippen LogP contribution in [-0.2, 0) is 4.79 Å². The van der Waals surface area contributed by atoms with Crippen LogP contribution in [0.15, 0.2) is 40.8 Å². The normalized spacial score (nSPS) is 12.3. The zero-order valence-electron chi connectivity index (χ0n) is 11.9. The molecular formula is C15H13N3O4S. The van der Waals surface area contributed by atoms with Crippen LogP contribution in [-0.4, -0.2) is 31.4 Å². The van der Waals surface area contributed by atoms with Crippen LogP contribution in [0.3, 0.4) is 0 Å². The number of carbonyl (C=O) groups excluding carboxylic acids is 2. The van der Waals surface area contributed by atoms with Gasteiger partial charge in [-0.15, -0.1) is 11.3 Å². The van der Waals surface area contributed by atoms with Gasteiger partial charge in [-0.25, -0.2) is 5.43 Å². The van der Waals surface area contributed by atoms with E-state index in [0.717, 1.165) is 5.56 Å². The van der Waals surface area contributed by atoms with Crippen molar-refractivity contribution in [2.24, 2.45) is 5.10 Å². The number of hydrazone groups is 1. The van der Waals surface area contributed by atoms with Crippen LogP contribution in [0.1, 0.15) is 15.2 Å². The molecule has 3 rings (SSSR count). The first-order valence-corrected chi connectivity index (χ1v) is 7.63. The van der Waals surface area contributed by atoms with Crippen LogP contribution in [0.5, 0.6) is 11.5 Å². The van der Waals surface area contributed by atoms with Gasteiger partial charge < -0.3 is 14.8 Å². The minimum Gasteiger partial charge on any atom is -0.454 e. The van der Waals surface area contributed by atoms with Gasteiger partial charge in [-0.2, -0.15) is 5.10 Å². The Bertz CT molecular complexity index is 743. The molecule has 2 heterocycles. The summed E-state index contributed by atoms with van der Waals surface area (Å²) in [4.78, 5) is 23.8. The van der Waals surface area contributed by atoms with Crippen molar-refractivity contribution in [2.75, 3.05) is 13.3 Å². The average molecular weight is 331 g/mol. The lowest BCUT2D eigenvalue weighted by Crippen LogP contribution is -2.34. The van der Waals surface area contributed by atoms with Crippen molar-refractivity contribution in [3.05, 3.63) is 46.2 Å². The molecule has 0 saturated carbocycles. The Morgan fingerprint density at radius 2 is 2.13 bits per heavy atom. The van der Waals surface area contributed by atoms with Crippen LogP contribution in [0.25, 0.3) is 0 Å². The third kappa shape index (κ3) is 3.86. The molecule has 0 atom stereocenters. The number of nitrogens with zero attached hydrogens (tertiary/aromatic N) is 1. The second-order valence-electron chi connectivity index (χ2n) is 4.57. The van der Waals surface area contributed by atoms with E-state index in [2.05, 4.69) is 15.8 Å². The number of hydrogen-bond donors (Lipinski definition) is 2. The van der Waals surface area contributed by atoms with Gasteiger partial charge in [0.25, 0.3) is 11.8 Å². The molecule has 0 saturated heterocycles. The van der Waals surface area contributed by atoms with Gasteiger partial charge in [-0.3, -0.25) is 9.59 Å². The molecule has 8 heteroatoms. The standard InChI is InChI=1S/C15H13N3O4S/c19-14(8-16-15(20)13-2-1-5-23-13)18-17-7-10-3-4-11-12(6-10)22-9-21-11/h1-7H,8-9H2,(H,16,20)(H,18,19)/b17-7+. The molecule has 2 N–H and O–H groups in total. The molecule has 0 aliphatic carbocycles. The molecular weight excluding hydrogens is 318 g/mol. The van der Waals surface area contributed by atoms with Crippen molar-refractivity contribution < 1.29 is 19.1 Å². The zero-order valence-corrected chi connectivity index (χ0v) is 12.8. The highest BCUT2D eigenvalue weighted by Crippen LogP contribution is 2.31. The molecule has 1 aromatic heterocycles. The van der Waals surface area contributed by atoms with Crippen molar-refractivity contribution in [3.8, 4) is 11.5 Å². The van der Waals surface area contributed by atoms with E-state index < -0.39 is 5.91 Å². The number of hydrogen-bond acceptors (Lipinski definition) is 6. The fourth-order valence-corrected chi connectivity index (χ4v) is 2.51. The summed E-state index contributed by atoms with van der Waals surface area (Å²) in [5, 5.41) is 8.15. The topological polar surface area (TPSA) is 89.0 Å². The Morgan fingerprint density at radius 3 is 2.96 bits per heavy atom. The van der Waals surface area contributed by atoms with Gasteiger partial charge >= 0.3 is 0 Å². The predicted octanol–water partition coefficient (Wildman–Crippen LogP) is 1.36. The molecule has 2 aromatic rings. The lowest BCUT2D eigenvalue weighted by Gasteiger charge is -2.02. The minimum atomic E-state index is -0.410. The summed E-state index contributed by atoms with van der Waals surface area (Å²) in [5.74, 6) is 0.632. The molecule has 0 spiro atoms. The summed E-state index contributed by atoms with van der Waals surface area (Å²) in [5.41, 5.74) is 3.11. The second-order valence-corrected chi connectivity index (χ2v) is 5.51. The van der Waals surface area contributed by atoms with Gasteiger partial charge in [0.05, 0.1) is 17.6 Å². The summed E-state index contributed by atoms with van der Waals surface area (Å²) in [7, 11) is 0. The van der Waals surface area contributed by atoms with Gasteiger partial charge in [-0.05, 0) is 35.2 Å². The molecule has 1 aliphatic heterocycles. The van der Waals surface area contributed by atoms with Gasteiger partial charge in [0.15, 0.2) is 11.5 Å². The van der Waals surface area contributed by atoms with Gasteiger partial charge in [0.2, 0.25) is 6.79 Å². The van der Waals surface area contributed by atoms with E-state index in [1.54, 1.807) is 35.7 Å². The van der Waals surface area contributed by atoms with Crippen LogP contribution in [0.4, 0.5) is 0 Å². The van der Waals surface area contributed by atoms with E-state index in [4.69, 9.17) is 9.47 Å². The Morgan fingerprint density at radius 1 is 1.26 bits per heavy atom. The number of amides is 2. The van der Waals surface area contributed by atoms with E-state index in [1.165, 1.54) is 17.6 Å². The van der Waals surface area contributed by atoms with E-state index >= 15 is 0 Å². The molecule has 0 radical (unpaired) electrons. The fourth-order valence-electron chi connectivity index (χ4n) is 1.87. The maximum atomic E-state index is 11.7. The second kappa shape index (κ2) is 6.93. The lowest BCUT2D eigenvalue weighted by atomic mass is 10.2. The molecule has 0 unspecified atom stereocenters. The maximum Gasteiger partial charge on any atom is 0.261 e. The van der Waals surface area contributed by atoms with Crippen molar-refractivity contribution >= 4 is 29.4 Å². The van der Waals surface area contributed by atoms with Crippen molar-refractivity contribution in [2.45, 2.75) is 0 Å². The summed E-state index contributed by atoms with van der Waals surface area (Å²) in [6.45, 7) is 0.0613. The van der Waals surface area contributed by atoms with Gasteiger partial charge in [0.1, 0.15) is 0 Å². The largest absolute Gasteiger partial charge is 0.454 e. The van der Waals surface area contributed by atoms with E-state index in [1.807, 2.05) is 0 Å². The van der Waals surface area contributed by atoms with E-state index in [0.29, 0.717) is 16.4 Å². The monoisotopic (exact) mass is 331 g/mol. The summed E-state index contributed by atoms with van der Waals surface area (Å²) in [6.07, 6.45) is 1.49. The lowest BCUT2D eigenvalue weighted by molar-refractivity contribution is -0.120. The molecule has 118 valence electrons. The highest BCUT2D eigenvalue weighted by Gasteiger charge is 2.12. The number of fused-ring (bicyclic) bond motifs is 1. The zero-order chi connectivity index (χ0) is 16.1. The van der Waals surface area contributed by atoms with Crippen molar-refractivity contribution in [3.63, 3.8) is 0 Å². The van der Waals surface area contributed by atoms with Crippen LogP contribution in [0, 0.1) is 0 Å². The summed E-state index contributed by atoms with van der Waals surface area (Å²) in [6, 6.07) is 8.79. The Hall–Kier alpha value is -2.87. The third-order valence-corrected chi connectivity index (χ3v) is 3.82. The first kappa shape index (κ1) is 15.0. The molecule has 7 nitrogen and oxygen atoms in total. The summed E-state index contributed by atoms with van der Waals surface area (Å²) < 4.78 is 10.5. The highest BCUT2D eigenvalue weighted by molar-refractivity contribution is 7.12. The molecule has 0 fully saturated rings. The third-order valence-electron chi connectivity index (χ3n) is 2.95. The molecule has 23 heavy (non-hydrogen) atoms. The molecule has 1 aliphatic rings. The number of ether oxygens (including phenoxy) is 2. The van der Waals surface area contributed by atoms with Crippen molar-refractivity contribution in [1.29, 1.82) is 0 Å². The van der Waals surface area contributed by atoms with Crippen LogP contribution < -0.4 is 20.2 Å². The van der Waals surface area contributed by atoms with Crippen LogP contribution >= 0.6 is 11.3 Å². The molecule has 0 bridgehead atoms. The van der Waals surface area contributed by atoms with Crippen molar-refractivity contribution in [1.82, 2.24) is 10.7 Å². The van der Waals surface area contributed by atoms with Crippen LogP contribution in [0.2, 0.25) is 0 Å². The smallest absolute Gasteiger partial charge is 0.261 e. The van der Waals surface area contributed by atoms with Gasteiger partial charge in [-0.1, -0.05) is 6.07 Å². The molecule has 1 aromatic carbocycles.